The second-order valence-corrected chi connectivity index (χ2v) is 5.44. The summed E-state index contributed by atoms with van der Waals surface area (Å²) in [6.45, 7) is 0.911. The first-order valence-electron chi connectivity index (χ1n) is 7.19. The van der Waals surface area contributed by atoms with E-state index < -0.39 is 0 Å². The van der Waals surface area contributed by atoms with Gasteiger partial charge in [0, 0.05) is 24.2 Å². The number of hydrogen-bond donors (Lipinski definition) is 2. The predicted molar refractivity (Wildman–Crippen MR) is 84.0 cm³/mol. The van der Waals surface area contributed by atoms with Gasteiger partial charge in [-0.2, -0.15) is 0 Å². The Morgan fingerprint density at radius 2 is 2.10 bits per heavy atom. The Morgan fingerprint density at radius 3 is 3.00 bits per heavy atom. The second-order valence-electron chi connectivity index (χ2n) is 5.44. The Hall–Kier alpha value is -2.49. The standard InChI is InChI=1S/C17H17N3O/c1-21-13-6-7-15-16(9-13)20-17(19-15)12-8-11-4-2-3-5-14(11)18-10-12/h2-7,9,12,18H,8,10H2,1H3,(H,19,20). The summed E-state index contributed by atoms with van der Waals surface area (Å²) in [6, 6.07) is 14.4. The van der Waals surface area contributed by atoms with Gasteiger partial charge in [-0.15, -0.1) is 0 Å². The smallest absolute Gasteiger partial charge is 0.121 e. The van der Waals surface area contributed by atoms with Crippen LogP contribution in [0.2, 0.25) is 0 Å². The molecule has 1 aromatic heterocycles. The Morgan fingerprint density at radius 1 is 1.19 bits per heavy atom. The van der Waals surface area contributed by atoms with Gasteiger partial charge >= 0.3 is 0 Å². The van der Waals surface area contributed by atoms with Gasteiger partial charge in [0.1, 0.15) is 11.6 Å². The largest absolute Gasteiger partial charge is 0.497 e. The topological polar surface area (TPSA) is 49.9 Å². The third-order valence-corrected chi connectivity index (χ3v) is 4.12. The molecule has 0 spiro atoms. The fraction of sp³-hybridized carbons (Fsp3) is 0.235. The lowest BCUT2D eigenvalue weighted by molar-refractivity contribution is 0.415. The number of rotatable bonds is 2. The van der Waals surface area contributed by atoms with Gasteiger partial charge in [0.2, 0.25) is 0 Å². The number of nitrogens with zero attached hydrogens (tertiary/aromatic N) is 1. The van der Waals surface area contributed by atoms with Gasteiger partial charge in [-0.25, -0.2) is 4.98 Å². The summed E-state index contributed by atoms with van der Waals surface area (Å²) in [5, 5.41) is 3.49. The molecule has 2 N–H and O–H groups in total. The first kappa shape index (κ1) is 12.3. The number of methoxy groups -OCH3 is 1. The zero-order valence-electron chi connectivity index (χ0n) is 11.9. The highest BCUT2D eigenvalue weighted by Crippen LogP contribution is 2.30. The van der Waals surface area contributed by atoms with Crippen molar-refractivity contribution in [3.8, 4) is 5.75 Å². The minimum atomic E-state index is 0.373. The number of ether oxygens (including phenoxy) is 1. The van der Waals surface area contributed by atoms with Crippen LogP contribution in [0.5, 0.6) is 5.75 Å². The molecule has 0 aliphatic carbocycles. The Balaban J connectivity index is 1.68. The number of fused-ring (bicyclic) bond motifs is 2. The van der Waals surface area contributed by atoms with Crippen molar-refractivity contribution in [2.24, 2.45) is 0 Å². The number of imidazole rings is 1. The summed E-state index contributed by atoms with van der Waals surface area (Å²) in [5.41, 5.74) is 4.62. The highest BCUT2D eigenvalue weighted by atomic mass is 16.5. The lowest BCUT2D eigenvalue weighted by atomic mass is 9.93. The molecule has 4 nitrogen and oxygen atoms in total. The van der Waals surface area contributed by atoms with Crippen molar-refractivity contribution >= 4 is 16.7 Å². The maximum absolute atomic E-state index is 5.26. The summed E-state index contributed by atoms with van der Waals surface area (Å²) in [6.07, 6.45) is 1.01. The summed E-state index contributed by atoms with van der Waals surface area (Å²) >= 11 is 0. The molecule has 1 aliphatic rings. The van der Waals surface area contributed by atoms with E-state index in [1.165, 1.54) is 11.3 Å². The number of aromatic nitrogens is 2. The average molecular weight is 279 g/mol. The molecule has 2 heterocycles. The van der Waals surface area contributed by atoms with Gasteiger partial charge in [-0.05, 0) is 30.2 Å². The van der Waals surface area contributed by atoms with Crippen molar-refractivity contribution in [1.29, 1.82) is 0 Å². The van der Waals surface area contributed by atoms with Crippen molar-refractivity contribution in [3.63, 3.8) is 0 Å². The zero-order chi connectivity index (χ0) is 14.2. The third kappa shape index (κ3) is 2.13. The second kappa shape index (κ2) is 4.81. The Bertz CT molecular complexity index is 794. The van der Waals surface area contributed by atoms with Gasteiger partial charge in [-0.3, -0.25) is 0 Å². The predicted octanol–water partition coefficient (Wildman–Crippen LogP) is 3.32. The molecule has 4 rings (SSSR count). The van der Waals surface area contributed by atoms with E-state index in [0.717, 1.165) is 35.6 Å². The van der Waals surface area contributed by atoms with E-state index in [-0.39, 0.29) is 0 Å². The zero-order valence-corrected chi connectivity index (χ0v) is 11.9. The van der Waals surface area contributed by atoms with Gasteiger partial charge in [0.05, 0.1) is 18.1 Å². The van der Waals surface area contributed by atoms with Crippen LogP contribution in [-0.4, -0.2) is 23.6 Å². The van der Waals surface area contributed by atoms with Crippen LogP contribution in [0.3, 0.4) is 0 Å². The van der Waals surface area contributed by atoms with E-state index in [4.69, 9.17) is 9.72 Å². The van der Waals surface area contributed by atoms with Crippen molar-refractivity contribution < 1.29 is 4.74 Å². The molecule has 1 atom stereocenters. The molecule has 0 radical (unpaired) electrons. The summed E-state index contributed by atoms with van der Waals surface area (Å²) in [7, 11) is 1.68. The molecule has 3 aromatic rings. The van der Waals surface area contributed by atoms with Crippen LogP contribution in [0.4, 0.5) is 5.69 Å². The normalized spacial score (nSPS) is 17.3. The average Bonchev–Trinajstić information content (AvgIpc) is 2.97. The van der Waals surface area contributed by atoms with Crippen molar-refractivity contribution in [3.05, 3.63) is 53.9 Å². The minimum Gasteiger partial charge on any atom is -0.497 e. The molecule has 106 valence electrons. The summed E-state index contributed by atoms with van der Waals surface area (Å²) in [5.74, 6) is 2.27. The molecule has 0 fully saturated rings. The van der Waals surface area contributed by atoms with Crippen molar-refractivity contribution in [2.45, 2.75) is 12.3 Å². The van der Waals surface area contributed by atoms with Crippen LogP contribution in [0.15, 0.2) is 42.5 Å². The van der Waals surface area contributed by atoms with E-state index in [2.05, 4.69) is 34.6 Å². The van der Waals surface area contributed by atoms with E-state index in [9.17, 15) is 0 Å². The van der Waals surface area contributed by atoms with Gasteiger partial charge in [0.25, 0.3) is 0 Å². The van der Waals surface area contributed by atoms with Crippen LogP contribution in [0.1, 0.15) is 17.3 Å². The fourth-order valence-corrected chi connectivity index (χ4v) is 2.96. The van der Waals surface area contributed by atoms with Crippen molar-refractivity contribution in [1.82, 2.24) is 9.97 Å². The number of nitrogens with one attached hydrogen (secondary N) is 2. The molecule has 1 aliphatic heterocycles. The molecule has 0 amide bonds. The lowest BCUT2D eigenvalue weighted by Crippen LogP contribution is -2.22. The minimum absolute atomic E-state index is 0.373. The van der Waals surface area contributed by atoms with E-state index in [0.29, 0.717) is 5.92 Å². The molecule has 0 saturated heterocycles. The first-order chi connectivity index (χ1) is 10.3. The molecule has 0 bridgehead atoms. The van der Waals surface area contributed by atoms with E-state index in [1.54, 1.807) is 7.11 Å². The molecule has 1 unspecified atom stereocenters. The lowest BCUT2D eigenvalue weighted by Gasteiger charge is -2.24. The van der Waals surface area contributed by atoms with Crippen LogP contribution in [-0.2, 0) is 6.42 Å². The highest BCUT2D eigenvalue weighted by molar-refractivity contribution is 5.77. The number of H-pyrrole nitrogens is 1. The fourth-order valence-electron chi connectivity index (χ4n) is 2.96. The van der Waals surface area contributed by atoms with Gasteiger partial charge < -0.3 is 15.0 Å². The molecular weight excluding hydrogens is 262 g/mol. The van der Waals surface area contributed by atoms with Crippen LogP contribution in [0, 0.1) is 0 Å². The maximum atomic E-state index is 5.26. The molecule has 0 saturated carbocycles. The number of hydrogen-bond acceptors (Lipinski definition) is 3. The maximum Gasteiger partial charge on any atom is 0.121 e. The number of anilines is 1. The number of aromatic amines is 1. The van der Waals surface area contributed by atoms with Crippen LogP contribution >= 0.6 is 0 Å². The summed E-state index contributed by atoms with van der Waals surface area (Å²) < 4.78 is 5.26. The Kier molecular flexibility index (Phi) is 2.81. The third-order valence-electron chi connectivity index (χ3n) is 4.12. The first-order valence-corrected chi connectivity index (χ1v) is 7.19. The van der Waals surface area contributed by atoms with Gasteiger partial charge in [0.15, 0.2) is 0 Å². The Labute approximate surface area is 123 Å². The highest BCUT2D eigenvalue weighted by Gasteiger charge is 2.22. The van der Waals surface area contributed by atoms with Gasteiger partial charge in [-0.1, -0.05) is 18.2 Å². The quantitative estimate of drug-likeness (QED) is 0.756. The van der Waals surface area contributed by atoms with E-state index >= 15 is 0 Å². The molecular formula is C17H17N3O. The van der Waals surface area contributed by atoms with E-state index in [1.807, 2.05) is 18.2 Å². The summed E-state index contributed by atoms with van der Waals surface area (Å²) in [4.78, 5) is 8.17. The van der Waals surface area contributed by atoms with Crippen LogP contribution in [0.25, 0.3) is 11.0 Å². The molecule has 4 heteroatoms. The van der Waals surface area contributed by atoms with Crippen molar-refractivity contribution in [2.75, 3.05) is 19.0 Å². The SMILES string of the molecule is COc1ccc2nc(C3CNc4ccccc4C3)[nH]c2c1. The monoisotopic (exact) mass is 279 g/mol. The number of benzene rings is 2. The molecule has 2 aromatic carbocycles. The number of para-hydroxylation sites is 1. The van der Waals surface area contributed by atoms with Crippen LogP contribution < -0.4 is 10.1 Å². The molecule has 21 heavy (non-hydrogen) atoms.